The average molecular weight is 235 g/mol. The Labute approximate surface area is 101 Å². The van der Waals surface area contributed by atoms with E-state index >= 15 is 0 Å². The molecule has 0 spiro atoms. The molecule has 1 aliphatic heterocycles. The molecule has 1 saturated heterocycles. The van der Waals surface area contributed by atoms with Crippen LogP contribution in [0.1, 0.15) is 23.7 Å². The molecule has 17 heavy (non-hydrogen) atoms. The number of hydrogen-bond acceptors (Lipinski definition) is 4. The summed E-state index contributed by atoms with van der Waals surface area (Å²) in [6.45, 7) is 4.11. The van der Waals surface area contributed by atoms with Gasteiger partial charge in [-0.25, -0.2) is 4.98 Å². The molecular weight excluding hydrogens is 218 g/mol. The molecule has 0 bridgehead atoms. The second-order valence-corrected chi connectivity index (χ2v) is 3.99. The lowest BCUT2D eigenvalue weighted by Gasteiger charge is -2.11. The topological polar surface area (TPSA) is 63.2 Å². The lowest BCUT2D eigenvalue weighted by atomic mass is 10.2. The SMILES string of the molecule is CCNc1cc(C(=O)NC2CCOC2)ccn1. The summed E-state index contributed by atoms with van der Waals surface area (Å²) in [5, 5.41) is 6.03. The van der Waals surface area contributed by atoms with Crippen molar-refractivity contribution in [2.75, 3.05) is 25.1 Å². The van der Waals surface area contributed by atoms with E-state index < -0.39 is 0 Å². The minimum atomic E-state index is -0.0675. The largest absolute Gasteiger partial charge is 0.379 e. The van der Waals surface area contributed by atoms with Crippen LogP contribution < -0.4 is 10.6 Å². The second kappa shape index (κ2) is 5.63. The highest BCUT2D eigenvalue weighted by Crippen LogP contribution is 2.09. The van der Waals surface area contributed by atoms with E-state index in [-0.39, 0.29) is 11.9 Å². The minimum absolute atomic E-state index is 0.0675. The van der Waals surface area contributed by atoms with Crippen LogP contribution in [0.2, 0.25) is 0 Å². The first-order valence-corrected chi connectivity index (χ1v) is 5.88. The van der Waals surface area contributed by atoms with E-state index in [0.29, 0.717) is 12.2 Å². The fourth-order valence-electron chi connectivity index (χ4n) is 1.77. The van der Waals surface area contributed by atoms with Crippen LogP contribution in [0.5, 0.6) is 0 Å². The van der Waals surface area contributed by atoms with Gasteiger partial charge in [0.15, 0.2) is 0 Å². The summed E-state index contributed by atoms with van der Waals surface area (Å²) in [4.78, 5) is 16.1. The molecule has 0 aliphatic carbocycles. The van der Waals surface area contributed by atoms with E-state index in [2.05, 4.69) is 15.6 Å². The van der Waals surface area contributed by atoms with E-state index in [9.17, 15) is 4.79 Å². The number of nitrogens with one attached hydrogen (secondary N) is 2. The first-order chi connectivity index (χ1) is 8.29. The summed E-state index contributed by atoms with van der Waals surface area (Å²) >= 11 is 0. The Morgan fingerprint density at radius 3 is 3.24 bits per heavy atom. The maximum atomic E-state index is 11.9. The predicted octanol–water partition coefficient (Wildman–Crippen LogP) is 1.03. The monoisotopic (exact) mass is 235 g/mol. The molecule has 1 fully saturated rings. The number of carbonyl (C=O) groups is 1. The average Bonchev–Trinajstić information content (AvgIpc) is 2.83. The van der Waals surface area contributed by atoms with Crippen molar-refractivity contribution < 1.29 is 9.53 Å². The highest BCUT2D eigenvalue weighted by molar-refractivity contribution is 5.95. The van der Waals surface area contributed by atoms with Gasteiger partial charge in [-0.3, -0.25) is 4.79 Å². The van der Waals surface area contributed by atoms with E-state index in [4.69, 9.17) is 4.74 Å². The lowest BCUT2D eigenvalue weighted by Crippen LogP contribution is -2.35. The summed E-state index contributed by atoms with van der Waals surface area (Å²) < 4.78 is 5.22. The lowest BCUT2D eigenvalue weighted by molar-refractivity contribution is 0.0930. The van der Waals surface area contributed by atoms with Crippen LogP contribution in [0.25, 0.3) is 0 Å². The smallest absolute Gasteiger partial charge is 0.251 e. The number of pyridine rings is 1. The van der Waals surface area contributed by atoms with E-state index in [1.807, 2.05) is 6.92 Å². The highest BCUT2D eigenvalue weighted by Gasteiger charge is 2.18. The number of rotatable bonds is 4. The van der Waals surface area contributed by atoms with Gasteiger partial charge in [0.25, 0.3) is 5.91 Å². The molecule has 1 aromatic heterocycles. The molecule has 0 saturated carbocycles. The standard InChI is InChI=1S/C12H17N3O2/c1-2-13-11-7-9(3-5-14-11)12(16)15-10-4-6-17-8-10/h3,5,7,10H,2,4,6,8H2,1H3,(H,13,14)(H,15,16). The molecule has 5 nitrogen and oxygen atoms in total. The minimum Gasteiger partial charge on any atom is -0.379 e. The molecule has 2 heterocycles. The molecule has 0 radical (unpaired) electrons. The summed E-state index contributed by atoms with van der Waals surface area (Å²) in [6, 6.07) is 3.61. The van der Waals surface area contributed by atoms with Crippen molar-refractivity contribution in [3.8, 4) is 0 Å². The molecular formula is C12H17N3O2. The molecule has 1 aliphatic rings. The molecule has 92 valence electrons. The maximum Gasteiger partial charge on any atom is 0.251 e. The molecule has 2 rings (SSSR count). The Kier molecular flexibility index (Phi) is 3.93. The van der Waals surface area contributed by atoms with Gasteiger partial charge < -0.3 is 15.4 Å². The van der Waals surface area contributed by atoms with Crippen molar-refractivity contribution in [1.29, 1.82) is 0 Å². The summed E-state index contributed by atoms with van der Waals surface area (Å²) in [5.74, 6) is 0.657. The van der Waals surface area contributed by atoms with Crippen LogP contribution in [0.3, 0.4) is 0 Å². The van der Waals surface area contributed by atoms with Crippen molar-refractivity contribution >= 4 is 11.7 Å². The fourth-order valence-corrected chi connectivity index (χ4v) is 1.77. The van der Waals surface area contributed by atoms with Gasteiger partial charge in [0.2, 0.25) is 0 Å². The van der Waals surface area contributed by atoms with Crippen molar-refractivity contribution in [3.05, 3.63) is 23.9 Å². The molecule has 1 atom stereocenters. The Morgan fingerprint density at radius 2 is 2.53 bits per heavy atom. The number of carbonyl (C=O) groups excluding carboxylic acids is 1. The van der Waals surface area contributed by atoms with Gasteiger partial charge in [-0.2, -0.15) is 0 Å². The molecule has 1 aromatic rings. The molecule has 1 amide bonds. The van der Waals surface area contributed by atoms with Gasteiger partial charge in [-0.05, 0) is 25.5 Å². The van der Waals surface area contributed by atoms with Gasteiger partial charge in [0.1, 0.15) is 5.82 Å². The van der Waals surface area contributed by atoms with Crippen LogP contribution >= 0.6 is 0 Å². The summed E-state index contributed by atoms with van der Waals surface area (Å²) in [5.41, 5.74) is 0.628. The Hall–Kier alpha value is -1.62. The number of nitrogens with zero attached hydrogens (tertiary/aromatic N) is 1. The quantitative estimate of drug-likeness (QED) is 0.818. The predicted molar refractivity (Wildman–Crippen MR) is 65.1 cm³/mol. The Bertz CT molecular complexity index is 389. The Balaban J connectivity index is 1.99. The molecule has 0 aromatic carbocycles. The Morgan fingerprint density at radius 1 is 1.65 bits per heavy atom. The molecule has 1 unspecified atom stereocenters. The highest BCUT2D eigenvalue weighted by atomic mass is 16.5. The van der Waals surface area contributed by atoms with E-state index in [1.54, 1.807) is 18.3 Å². The zero-order valence-electron chi connectivity index (χ0n) is 9.90. The third kappa shape index (κ3) is 3.17. The maximum absolute atomic E-state index is 11.9. The third-order valence-electron chi connectivity index (χ3n) is 2.64. The fraction of sp³-hybridized carbons (Fsp3) is 0.500. The second-order valence-electron chi connectivity index (χ2n) is 3.99. The number of anilines is 1. The number of aromatic nitrogens is 1. The summed E-state index contributed by atoms with van der Waals surface area (Å²) in [6.07, 6.45) is 2.52. The number of hydrogen-bond donors (Lipinski definition) is 2. The third-order valence-corrected chi connectivity index (χ3v) is 2.64. The molecule has 2 N–H and O–H groups in total. The van der Waals surface area contributed by atoms with Crippen molar-refractivity contribution in [2.24, 2.45) is 0 Å². The first kappa shape index (κ1) is 11.9. The number of ether oxygens (including phenoxy) is 1. The van der Waals surface area contributed by atoms with Gasteiger partial charge >= 0.3 is 0 Å². The van der Waals surface area contributed by atoms with Crippen LogP contribution in [0.15, 0.2) is 18.3 Å². The zero-order chi connectivity index (χ0) is 12.1. The van der Waals surface area contributed by atoms with Crippen molar-refractivity contribution in [1.82, 2.24) is 10.3 Å². The van der Waals surface area contributed by atoms with Crippen molar-refractivity contribution in [3.63, 3.8) is 0 Å². The van der Waals surface area contributed by atoms with Crippen molar-refractivity contribution in [2.45, 2.75) is 19.4 Å². The van der Waals surface area contributed by atoms with Gasteiger partial charge in [-0.15, -0.1) is 0 Å². The van der Waals surface area contributed by atoms with Crippen LogP contribution in [-0.4, -0.2) is 36.7 Å². The first-order valence-electron chi connectivity index (χ1n) is 5.88. The van der Waals surface area contributed by atoms with Gasteiger partial charge in [0, 0.05) is 24.9 Å². The molecule has 5 heteroatoms. The van der Waals surface area contributed by atoms with Crippen LogP contribution in [-0.2, 0) is 4.74 Å². The van der Waals surface area contributed by atoms with Crippen LogP contribution in [0.4, 0.5) is 5.82 Å². The van der Waals surface area contributed by atoms with E-state index in [1.165, 1.54) is 0 Å². The normalized spacial score (nSPS) is 19.0. The van der Waals surface area contributed by atoms with Crippen LogP contribution in [0, 0.1) is 0 Å². The van der Waals surface area contributed by atoms with E-state index in [0.717, 1.165) is 25.4 Å². The van der Waals surface area contributed by atoms with Gasteiger partial charge in [-0.1, -0.05) is 0 Å². The number of amides is 1. The zero-order valence-corrected chi connectivity index (χ0v) is 9.90. The van der Waals surface area contributed by atoms with Gasteiger partial charge in [0.05, 0.1) is 12.6 Å². The summed E-state index contributed by atoms with van der Waals surface area (Å²) in [7, 11) is 0.